The van der Waals surface area contributed by atoms with Gasteiger partial charge in [-0.15, -0.1) is 0 Å². The number of rotatable bonds is 6. The van der Waals surface area contributed by atoms with Gasteiger partial charge < -0.3 is 5.32 Å². The van der Waals surface area contributed by atoms with Gasteiger partial charge in [-0.1, -0.05) is 61.9 Å². The van der Waals surface area contributed by atoms with E-state index < -0.39 is 0 Å². The van der Waals surface area contributed by atoms with E-state index in [1.54, 1.807) is 0 Å². The van der Waals surface area contributed by atoms with Gasteiger partial charge in [-0.3, -0.25) is 0 Å². The van der Waals surface area contributed by atoms with Crippen LogP contribution in [0.25, 0.3) is 0 Å². The maximum absolute atomic E-state index is 3.79. The van der Waals surface area contributed by atoms with Crippen LogP contribution in [0.15, 0.2) is 24.3 Å². The number of benzene rings is 1. The Morgan fingerprint density at radius 1 is 1.00 bits per heavy atom. The van der Waals surface area contributed by atoms with Crippen LogP contribution in [0.4, 0.5) is 0 Å². The van der Waals surface area contributed by atoms with Gasteiger partial charge >= 0.3 is 0 Å². The van der Waals surface area contributed by atoms with Crippen LogP contribution >= 0.6 is 0 Å². The fourth-order valence-corrected chi connectivity index (χ4v) is 3.64. The van der Waals surface area contributed by atoms with Crippen molar-refractivity contribution in [3.8, 4) is 0 Å². The zero-order valence-electron chi connectivity index (χ0n) is 12.9. The molecule has 0 radical (unpaired) electrons. The van der Waals surface area contributed by atoms with Crippen molar-refractivity contribution >= 4 is 0 Å². The lowest BCUT2D eigenvalue weighted by Gasteiger charge is -2.31. The van der Waals surface area contributed by atoms with Gasteiger partial charge in [0.25, 0.3) is 0 Å². The minimum absolute atomic E-state index is 0.846. The standard InChI is InChI=1S/C19H29N/c1-15-7-9-16(10-8-15)13-18(14-20-19-11-12-19)17-5-3-2-4-6-17/h7-10,17-20H,2-6,11-14H2,1H3. The van der Waals surface area contributed by atoms with E-state index in [9.17, 15) is 0 Å². The molecule has 20 heavy (non-hydrogen) atoms. The summed E-state index contributed by atoms with van der Waals surface area (Å²) in [7, 11) is 0. The molecule has 0 saturated heterocycles. The summed E-state index contributed by atoms with van der Waals surface area (Å²) in [4.78, 5) is 0. The van der Waals surface area contributed by atoms with Crippen molar-refractivity contribution < 1.29 is 0 Å². The van der Waals surface area contributed by atoms with E-state index >= 15 is 0 Å². The molecule has 0 amide bonds. The smallest absolute Gasteiger partial charge is 0.00683 e. The molecule has 0 aliphatic heterocycles. The monoisotopic (exact) mass is 271 g/mol. The van der Waals surface area contributed by atoms with E-state index in [0.717, 1.165) is 17.9 Å². The molecule has 0 heterocycles. The van der Waals surface area contributed by atoms with Crippen molar-refractivity contribution in [3.63, 3.8) is 0 Å². The molecule has 0 aromatic heterocycles. The predicted octanol–water partition coefficient (Wildman–Crippen LogP) is 4.49. The van der Waals surface area contributed by atoms with Crippen molar-refractivity contribution in [3.05, 3.63) is 35.4 Å². The van der Waals surface area contributed by atoms with Crippen LogP contribution in [0.5, 0.6) is 0 Å². The summed E-state index contributed by atoms with van der Waals surface area (Å²) in [5, 5.41) is 3.79. The van der Waals surface area contributed by atoms with Gasteiger partial charge in [-0.2, -0.15) is 0 Å². The number of nitrogens with one attached hydrogen (secondary N) is 1. The number of hydrogen-bond acceptors (Lipinski definition) is 1. The Balaban J connectivity index is 1.61. The van der Waals surface area contributed by atoms with Gasteiger partial charge in [0.1, 0.15) is 0 Å². The Bertz CT molecular complexity index is 398. The SMILES string of the molecule is Cc1ccc(CC(CNC2CC2)C2CCCCC2)cc1. The van der Waals surface area contributed by atoms with Gasteiger partial charge in [0.2, 0.25) is 0 Å². The molecule has 2 aliphatic carbocycles. The molecule has 3 rings (SSSR count). The molecule has 2 saturated carbocycles. The third kappa shape index (κ3) is 4.09. The fourth-order valence-electron chi connectivity index (χ4n) is 3.64. The second-order valence-corrected chi connectivity index (χ2v) is 7.03. The molecule has 1 aromatic rings. The second-order valence-electron chi connectivity index (χ2n) is 7.03. The van der Waals surface area contributed by atoms with Crippen LogP contribution in [0, 0.1) is 18.8 Å². The molecule has 110 valence electrons. The molecule has 1 aromatic carbocycles. The minimum Gasteiger partial charge on any atom is -0.314 e. The average Bonchev–Trinajstić information content (AvgIpc) is 3.31. The molecule has 1 atom stereocenters. The van der Waals surface area contributed by atoms with Crippen molar-refractivity contribution in [2.75, 3.05) is 6.54 Å². The zero-order chi connectivity index (χ0) is 13.8. The first kappa shape index (κ1) is 14.1. The summed E-state index contributed by atoms with van der Waals surface area (Å²) >= 11 is 0. The van der Waals surface area contributed by atoms with Crippen LogP contribution in [-0.2, 0) is 6.42 Å². The first-order valence-corrected chi connectivity index (χ1v) is 8.60. The minimum atomic E-state index is 0.846. The molecule has 1 heteroatoms. The van der Waals surface area contributed by atoms with Crippen LogP contribution < -0.4 is 5.32 Å². The lowest BCUT2D eigenvalue weighted by Crippen LogP contribution is -2.32. The Hall–Kier alpha value is -0.820. The summed E-state index contributed by atoms with van der Waals surface area (Å²) in [6, 6.07) is 10.0. The molecule has 1 nitrogen and oxygen atoms in total. The fraction of sp³-hybridized carbons (Fsp3) is 0.684. The van der Waals surface area contributed by atoms with Crippen molar-refractivity contribution in [1.82, 2.24) is 5.32 Å². The van der Waals surface area contributed by atoms with E-state index in [4.69, 9.17) is 0 Å². The Kier molecular flexibility index (Phi) is 4.77. The summed E-state index contributed by atoms with van der Waals surface area (Å²) in [5.74, 6) is 1.80. The zero-order valence-corrected chi connectivity index (χ0v) is 12.9. The van der Waals surface area contributed by atoms with Gasteiger partial charge in [-0.25, -0.2) is 0 Å². The Morgan fingerprint density at radius 2 is 1.70 bits per heavy atom. The lowest BCUT2D eigenvalue weighted by atomic mass is 9.77. The van der Waals surface area contributed by atoms with Crippen LogP contribution in [0.3, 0.4) is 0 Å². The Morgan fingerprint density at radius 3 is 2.35 bits per heavy atom. The van der Waals surface area contributed by atoms with E-state index in [1.807, 2.05) is 0 Å². The highest BCUT2D eigenvalue weighted by molar-refractivity contribution is 5.21. The van der Waals surface area contributed by atoms with Crippen LogP contribution in [0.1, 0.15) is 56.1 Å². The van der Waals surface area contributed by atoms with Gasteiger partial charge in [0.05, 0.1) is 0 Å². The molecule has 1 unspecified atom stereocenters. The predicted molar refractivity (Wildman–Crippen MR) is 86.0 cm³/mol. The third-order valence-electron chi connectivity index (χ3n) is 5.18. The summed E-state index contributed by atoms with van der Waals surface area (Å²) in [6.45, 7) is 3.42. The van der Waals surface area contributed by atoms with E-state index in [1.165, 1.54) is 69.0 Å². The van der Waals surface area contributed by atoms with Crippen LogP contribution in [-0.4, -0.2) is 12.6 Å². The van der Waals surface area contributed by atoms with E-state index in [2.05, 4.69) is 36.5 Å². The highest BCUT2D eigenvalue weighted by Gasteiger charge is 2.27. The number of aryl methyl sites for hydroxylation is 1. The van der Waals surface area contributed by atoms with E-state index in [-0.39, 0.29) is 0 Å². The molecule has 0 bridgehead atoms. The quantitative estimate of drug-likeness (QED) is 0.804. The average molecular weight is 271 g/mol. The third-order valence-corrected chi connectivity index (χ3v) is 5.18. The Labute approximate surface area is 124 Å². The molecular weight excluding hydrogens is 242 g/mol. The summed E-state index contributed by atoms with van der Waals surface area (Å²) in [5.41, 5.74) is 2.91. The molecule has 0 spiro atoms. The molecular formula is C19H29N. The second kappa shape index (κ2) is 6.76. The highest BCUT2D eigenvalue weighted by Crippen LogP contribution is 2.32. The van der Waals surface area contributed by atoms with E-state index in [0.29, 0.717) is 0 Å². The van der Waals surface area contributed by atoms with Crippen molar-refractivity contribution in [1.29, 1.82) is 0 Å². The summed E-state index contributed by atoms with van der Waals surface area (Å²) in [6.07, 6.45) is 11.4. The largest absolute Gasteiger partial charge is 0.314 e. The molecule has 2 aliphatic rings. The van der Waals surface area contributed by atoms with Gasteiger partial charge in [0.15, 0.2) is 0 Å². The van der Waals surface area contributed by atoms with Crippen molar-refractivity contribution in [2.45, 2.75) is 64.3 Å². The normalized spacial score (nSPS) is 21.9. The first-order chi connectivity index (χ1) is 9.81. The topological polar surface area (TPSA) is 12.0 Å². The maximum atomic E-state index is 3.79. The first-order valence-electron chi connectivity index (χ1n) is 8.60. The van der Waals surface area contributed by atoms with Crippen LogP contribution in [0.2, 0.25) is 0 Å². The maximum Gasteiger partial charge on any atom is 0.00683 e. The van der Waals surface area contributed by atoms with Gasteiger partial charge in [-0.05, 0) is 50.1 Å². The molecule has 1 N–H and O–H groups in total. The van der Waals surface area contributed by atoms with Gasteiger partial charge in [0, 0.05) is 6.04 Å². The highest BCUT2D eigenvalue weighted by atomic mass is 14.9. The van der Waals surface area contributed by atoms with Crippen molar-refractivity contribution in [2.24, 2.45) is 11.8 Å². The lowest BCUT2D eigenvalue weighted by molar-refractivity contribution is 0.239. The molecule has 2 fully saturated rings. The number of hydrogen-bond donors (Lipinski definition) is 1. The summed E-state index contributed by atoms with van der Waals surface area (Å²) < 4.78 is 0.